The zero-order chi connectivity index (χ0) is 15.2. The second-order valence-corrected chi connectivity index (χ2v) is 4.85. The summed E-state index contributed by atoms with van der Waals surface area (Å²) in [5.41, 5.74) is 0.746. The summed E-state index contributed by atoms with van der Waals surface area (Å²) < 4.78 is 15.0. The minimum Gasteiger partial charge on any atom is -0.505 e. The first-order valence-corrected chi connectivity index (χ1v) is 6.84. The molecule has 0 saturated carbocycles. The van der Waals surface area contributed by atoms with Crippen LogP contribution in [0.15, 0.2) is 11.4 Å². The van der Waals surface area contributed by atoms with E-state index in [1.165, 1.54) is 12.4 Å². The molecule has 3 N–H and O–H groups in total. The van der Waals surface area contributed by atoms with E-state index in [0.29, 0.717) is 5.69 Å². The van der Waals surface area contributed by atoms with E-state index in [0.717, 1.165) is 0 Å². The van der Waals surface area contributed by atoms with Gasteiger partial charge in [0.25, 0.3) is 0 Å². The number of aromatic hydroxyl groups is 1. The van der Waals surface area contributed by atoms with Crippen LogP contribution in [-0.2, 0) is 20.5 Å². The highest BCUT2D eigenvalue weighted by Crippen LogP contribution is 2.37. The Morgan fingerprint density at radius 3 is 2.90 bits per heavy atom. The number of terminal acetylenes is 1. The van der Waals surface area contributed by atoms with Crippen LogP contribution in [0.1, 0.15) is 16.8 Å². The summed E-state index contributed by atoms with van der Waals surface area (Å²) in [5.74, 6) is 2.01. The number of rotatable bonds is 6. The SMILES string of the molecule is C#CCO/N=C/c1c(COP(=O)(O)O)cnc(C)c1O. The molecule has 0 atom stereocenters. The van der Waals surface area contributed by atoms with E-state index < -0.39 is 14.4 Å². The topological polar surface area (TPSA) is 121 Å². The molecule has 1 aromatic rings. The average Bonchev–Trinajstić information content (AvgIpc) is 2.37. The van der Waals surface area contributed by atoms with E-state index in [-0.39, 0.29) is 23.5 Å². The van der Waals surface area contributed by atoms with Gasteiger partial charge in [-0.2, -0.15) is 0 Å². The Bertz CT molecular complexity index is 589. The molecule has 20 heavy (non-hydrogen) atoms. The standard InChI is InChI=1S/C11H13N2O6P/c1-3-4-18-13-6-10-9(7-19-20(15,16)17)5-12-8(2)11(10)14/h1,5-6,14H,4,7H2,2H3,(H2,15,16,17)/b13-6+. The van der Waals surface area contributed by atoms with Crippen LogP contribution in [0.3, 0.4) is 0 Å². The van der Waals surface area contributed by atoms with Crippen molar-refractivity contribution in [3.05, 3.63) is 23.0 Å². The molecule has 8 nitrogen and oxygen atoms in total. The predicted octanol–water partition coefficient (Wildman–Crippen LogP) is 0.689. The average molecular weight is 300 g/mol. The highest BCUT2D eigenvalue weighted by molar-refractivity contribution is 7.46. The summed E-state index contributed by atoms with van der Waals surface area (Å²) in [6.45, 7) is 1.07. The normalized spacial score (nSPS) is 11.5. The van der Waals surface area contributed by atoms with Gasteiger partial charge in [-0.05, 0) is 6.92 Å². The van der Waals surface area contributed by atoms with Crippen LogP contribution in [0.25, 0.3) is 0 Å². The van der Waals surface area contributed by atoms with Crippen LogP contribution in [0.4, 0.5) is 0 Å². The molecule has 0 fully saturated rings. The molecule has 1 aromatic heterocycles. The van der Waals surface area contributed by atoms with Crippen molar-refractivity contribution in [2.75, 3.05) is 6.61 Å². The van der Waals surface area contributed by atoms with Crippen molar-refractivity contribution in [3.8, 4) is 18.1 Å². The first kappa shape index (κ1) is 16.1. The van der Waals surface area contributed by atoms with Crippen molar-refractivity contribution in [1.29, 1.82) is 0 Å². The highest BCUT2D eigenvalue weighted by atomic mass is 31.2. The summed E-state index contributed by atoms with van der Waals surface area (Å²) in [5, 5.41) is 13.4. The Hall–Kier alpha value is -1.91. The number of nitrogens with zero attached hydrogens (tertiary/aromatic N) is 2. The van der Waals surface area contributed by atoms with E-state index in [1.54, 1.807) is 6.92 Å². The summed E-state index contributed by atoms with van der Waals surface area (Å²) in [6, 6.07) is 0. The lowest BCUT2D eigenvalue weighted by Crippen LogP contribution is -2.01. The summed E-state index contributed by atoms with van der Waals surface area (Å²) in [6.07, 6.45) is 7.45. The molecule has 108 valence electrons. The van der Waals surface area contributed by atoms with Crippen LogP contribution >= 0.6 is 7.82 Å². The van der Waals surface area contributed by atoms with Gasteiger partial charge in [-0.1, -0.05) is 11.1 Å². The van der Waals surface area contributed by atoms with Gasteiger partial charge in [0.05, 0.1) is 18.5 Å². The third-order valence-corrected chi connectivity index (χ3v) is 2.62. The van der Waals surface area contributed by atoms with Gasteiger partial charge >= 0.3 is 7.82 Å². The van der Waals surface area contributed by atoms with Crippen LogP contribution in [0.5, 0.6) is 5.75 Å². The molecule has 0 aliphatic rings. The molecule has 9 heteroatoms. The lowest BCUT2D eigenvalue weighted by Gasteiger charge is -2.10. The van der Waals surface area contributed by atoms with E-state index in [9.17, 15) is 9.67 Å². The number of phosphoric ester groups is 1. The molecular formula is C11H13N2O6P. The fourth-order valence-electron chi connectivity index (χ4n) is 1.23. The number of aromatic nitrogens is 1. The van der Waals surface area contributed by atoms with E-state index in [1.807, 2.05) is 0 Å². The van der Waals surface area contributed by atoms with Gasteiger partial charge < -0.3 is 19.7 Å². The quantitative estimate of drug-likeness (QED) is 0.232. The molecule has 0 bridgehead atoms. The van der Waals surface area contributed by atoms with Crippen molar-refractivity contribution in [3.63, 3.8) is 0 Å². The third kappa shape index (κ3) is 4.99. The minimum absolute atomic E-state index is 0.0460. The maximum atomic E-state index is 10.7. The van der Waals surface area contributed by atoms with E-state index in [4.69, 9.17) is 16.2 Å². The maximum Gasteiger partial charge on any atom is 0.469 e. The second kappa shape index (κ2) is 7.03. The van der Waals surface area contributed by atoms with Gasteiger partial charge in [0, 0.05) is 17.3 Å². The Morgan fingerprint density at radius 1 is 1.60 bits per heavy atom. The number of hydrogen-bond acceptors (Lipinski definition) is 6. The molecule has 1 heterocycles. The van der Waals surface area contributed by atoms with Gasteiger partial charge in [0.15, 0.2) is 6.61 Å². The molecule has 0 saturated heterocycles. The zero-order valence-electron chi connectivity index (χ0n) is 10.6. The van der Waals surface area contributed by atoms with Crippen molar-refractivity contribution in [2.24, 2.45) is 5.16 Å². The molecule has 0 unspecified atom stereocenters. The van der Waals surface area contributed by atoms with Crippen molar-refractivity contribution in [1.82, 2.24) is 4.98 Å². The number of oxime groups is 1. The maximum absolute atomic E-state index is 10.7. The molecule has 0 amide bonds. The summed E-state index contributed by atoms with van der Waals surface area (Å²) >= 11 is 0. The predicted molar refractivity (Wildman–Crippen MR) is 69.9 cm³/mol. The molecule has 0 aliphatic carbocycles. The summed E-state index contributed by atoms with van der Waals surface area (Å²) in [7, 11) is -4.63. The summed E-state index contributed by atoms with van der Waals surface area (Å²) in [4.78, 5) is 25.9. The van der Waals surface area contributed by atoms with Gasteiger partial charge in [0.1, 0.15) is 5.75 Å². The Labute approximate surface area is 115 Å². The Balaban J connectivity index is 2.99. The van der Waals surface area contributed by atoms with Crippen LogP contribution in [0.2, 0.25) is 0 Å². The lowest BCUT2D eigenvalue weighted by molar-refractivity contribution is 0.181. The van der Waals surface area contributed by atoms with E-state index >= 15 is 0 Å². The number of phosphoric acid groups is 1. The fourth-order valence-corrected chi connectivity index (χ4v) is 1.54. The van der Waals surface area contributed by atoms with Gasteiger partial charge in [-0.3, -0.25) is 9.51 Å². The molecule has 1 rings (SSSR count). The number of aryl methyl sites for hydroxylation is 1. The first-order valence-electron chi connectivity index (χ1n) is 5.31. The van der Waals surface area contributed by atoms with Crippen LogP contribution in [-0.4, -0.2) is 32.7 Å². The zero-order valence-corrected chi connectivity index (χ0v) is 11.4. The van der Waals surface area contributed by atoms with Crippen molar-refractivity contribution < 1.29 is 28.8 Å². The Kier molecular flexibility index (Phi) is 5.67. The van der Waals surface area contributed by atoms with Crippen molar-refractivity contribution in [2.45, 2.75) is 13.5 Å². The molecule has 0 spiro atoms. The van der Waals surface area contributed by atoms with E-state index in [2.05, 4.69) is 25.4 Å². The molecule has 0 radical (unpaired) electrons. The highest BCUT2D eigenvalue weighted by Gasteiger charge is 2.17. The number of hydrogen-bond donors (Lipinski definition) is 3. The molecule has 0 aromatic carbocycles. The monoisotopic (exact) mass is 300 g/mol. The minimum atomic E-state index is -4.63. The fraction of sp³-hybridized carbons (Fsp3) is 0.273. The lowest BCUT2D eigenvalue weighted by atomic mass is 10.1. The second-order valence-electron chi connectivity index (χ2n) is 3.61. The molecular weight excluding hydrogens is 287 g/mol. The van der Waals surface area contributed by atoms with Gasteiger partial charge in [-0.25, -0.2) is 4.57 Å². The smallest absolute Gasteiger partial charge is 0.469 e. The van der Waals surface area contributed by atoms with Crippen LogP contribution < -0.4 is 0 Å². The third-order valence-electron chi connectivity index (χ3n) is 2.15. The van der Waals surface area contributed by atoms with Crippen LogP contribution in [0, 0.1) is 19.3 Å². The first-order chi connectivity index (χ1) is 9.35. The van der Waals surface area contributed by atoms with Gasteiger partial charge in [-0.15, -0.1) is 6.42 Å². The van der Waals surface area contributed by atoms with Crippen molar-refractivity contribution >= 4 is 14.0 Å². The largest absolute Gasteiger partial charge is 0.505 e. The number of pyridine rings is 1. The molecule has 0 aliphatic heterocycles. The van der Waals surface area contributed by atoms with Gasteiger partial charge in [0.2, 0.25) is 0 Å². The Morgan fingerprint density at radius 2 is 2.30 bits per heavy atom.